The molecule has 0 saturated carbocycles. The minimum Gasteiger partial charge on any atom is -0.481 e. The van der Waals surface area contributed by atoms with Gasteiger partial charge in [0.25, 0.3) is 0 Å². The molecule has 0 radical (unpaired) electrons. The van der Waals surface area contributed by atoms with Crippen molar-refractivity contribution in [2.45, 2.75) is 32.3 Å². The van der Waals surface area contributed by atoms with E-state index in [0.29, 0.717) is 19.8 Å². The molecule has 1 N–H and O–H groups in total. The number of hydrogen-bond donors (Lipinski definition) is 1. The summed E-state index contributed by atoms with van der Waals surface area (Å²) in [5, 5.41) is 8.46. The first-order valence-electron chi connectivity index (χ1n) is 8.75. The molecule has 0 bridgehead atoms. The van der Waals surface area contributed by atoms with Crippen molar-refractivity contribution in [3.05, 3.63) is 35.9 Å². The van der Waals surface area contributed by atoms with E-state index in [1.807, 2.05) is 30.3 Å². The number of esters is 1. The summed E-state index contributed by atoms with van der Waals surface area (Å²) in [6, 6.07) is 9.72. The highest BCUT2D eigenvalue weighted by Gasteiger charge is 2.23. The fourth-order valence-electron chi connectivity index (χ4n) is 2.71. The number of carboxylic acid groups (broad SMARTS) is 1. The van der Waals surface area contributed by atoms with Crippen molar-refractivity contribution in [3.8, 4) is 0 Å². The molecule has 0 amide bonds. The van der Waals surface area contributed by atoms with Crippen molar-refractivity contribution < 1.29 is 28.9 Å². The molecule has 0 aliphatic carbocycles. The Kier molecular flexibility index (Phi) is 8.42. The largest absolute Gasteiger partial charge is 0.481 e. The van der Waals surface area contributed by atoms with Crippen LogP contribution in [0.1, 0.15) is 31.2 Å². The standard InChI is InChI=1S/C13H16O3.C6H10O3/c14-13(12-7-4-8-15-10-12)16-9-11-5-2-1-3-6-11;7-6(8)5-2-1-3-9-4-5/h1-3,5-6,12H,4,7-10H2;5H,1-4H2,(H,7,8). The van der Waals surface area contributed by atoms with Crippen molar-refractivity contribution in [2.24, 2.45) is 11.8 Å². The summed E-state index contributed by atoms with van der Waals surface area (Å²) in [4.78, 5) is 21.9. The Morgan fingerprint density at radius 1 is 1.00 bits per heavy atom. The lowest BCUT2D eigenvalue weighted by Crippen LogP contribution is -2.26. The first-order valence-corrected chi connectivity index (χ1v) is 8.75. The van der Waals surface area contributed by atoms with E-state index in [2.05, 4.69) is 0 Å². The summed E-state index contributed by atoms with van der Waals surface area (Å²) in [7, 11) is 0. The molecule has 1 aromatic rings. The first-order chi connectivity index (χ1) is 12.2. The number of ether oxygens (including phenoxy) is 3. The molecule has 2 unspecified atom stereocenters. The van der Waals surface area contributed by atoms with Gasteiger partial charge in [-0.25, -0.2) is 0 Å². The van der Waals surface area contributed by atoms with Crippen molar-refractivity contribution in [3.63, 3.8) is 0 Å². The number of aliphatic carboxylic acids is 1. The zero-order valence-electron chi connectivity index (χ0n) is 14.4. The van der Waals surface area contributed by atoms with Gasteiger partial charge in [-0.2, -0.15) is 0 Å². The van der Waals surface area contributed by atoms with Crippen LogP contribution >= 0.6 is 0 Å². The molecule has 2 saturated heterocycles. The molecule has 3 rings (SSSR count). The molecule has 0 spiro atoms. The number of carboxylic acids is 1. The molecule has 2 heterocycles. The predicted octanol–water partition coefficient (Wildman–Crippen LogP) is 2.65. The average molecular weight is 350 g/mol. The average Bonchev–Trinajstić information content (AvgIpc) is 2.69. The van der Waals surface area contributed by atoms with E-state index in [0.717, 1.165) is 44.5 Å². The third kappa shape index (κ3) is 7.23. The van der Waals surface area contributed by atoms with Crippen LogP contribution in [0.25, 0.3) is 0 Å². The zero-order valence-corrected chi connectivity index (χ0v) is 14.4. The molecular formula is C19H26O6. The smallest absolute Gasteiger partial charge is 0.311 e. The van der Waals surface area contributed by atoms with Gasteiger partial charge in [0.2, 0.25) is 0 Å². The third-order valence-corrected chi connectivity index (χ3v) is 4.23. The Labute approximate surface area is 148 Å². The Bertz CT molecular complexity index is 518. The van der Waals surface area contributed by atoms with Crippen LogP contribution in [0.3, 0.4) is 0 Å². The predicted molar refractivity (Wildman–Crippen MR) is 91.0 cm³/mol. The van der Waals surface area contributed by atoms with Gasteiger partial charge in [-0.15, -0.1) is 0 Å². The summed E-state index contributed by atoms with van der Waals surface area (Å²) >= 11 is 0. The van der Waals surface area contributed by atoms with Gasteiger partial charge in [0, 0.05) is 13.2 Å². The van der Waals surface area contributed by atoms with E-state index in [4.69, 9.17) is 19.3 Å². The zero-order chi connectivity index (χ0) is 17.9. The van der Waals surface area contributed by atoms with Crippen LogP contribution in [0, 0.1) is 11.8 Å². The van der Waals surface area contributed by atoms with Crippen molar-refractivity contribution in [1.29, 1.82) is 0 Å². The molecule has 2 fully saturated rings. The van der Waals surface area contributed by atoms with Crippen LogP contribution in [-0.2, 0) is 30.4 Å². The van der Waals surface area contributed by atoms with Crippen molar-refractivity contribution >= 4 is 11.9 Å². The second kappa shape index (κ2) is 10.8. The van der Waals surface area contributed by atoms with Crippen LogP contribution in [0.4, 0.5) is 0 Å². The molecule has 25 heavy (non-hydrogen) atoms. The Balaban J connectivity index is 0.000000212. The lowest BCUT2D eigenvalue weighted by atomic mass is 10.0. The first kappa shape index (κ1) is 19.4. The maximum absolute atomic E-state index is 11.7. The van der Waals surface area contributed by atoms with Gasteiger partial charge in [-0.1, -0.05) is 30.3 Å². The summed E-state index contributed by atoms with van der Waals surface area (Å²) in [6.07, 6.45) is 3.49. The molecule has 0 aromatic heterocycles. The highest BCUT2D eigenvalue weighted by molar-refractivity contribution is 5.72. The van der Waals surface area contributed by atoms with Gasteiger partial charge in [0.15, 0.2) is 0 Å². The Morgan fingerprint density at radius 2 is 1.60 bits per heavy atom. The van der Waals surface area contributed by atoms with Gasteiger partial charge >= 0.3 is 11.9 Å². The molecule has 2 atom stereocenters. The summed E-state index contributed by atoms with van der Waals surface area (Å²) in [5.41, 5.74) is 1.02. The van der Waals surface area contributed by atoms with E-state index >= 15 is 0 Å². The molecule has 2 aliphatic heterocycles. The van der Waals surface area contributed by atoms with E-state index in [-0.39, 0.29) is 17.8 Å². The Hall–Kier alpha value is -1.92. The van der Waals surface area contributed by atoms with Crippen LogP contribution in [-0.4, -0.2) is 43.5 Å². The highest BCUT2D eigenvalue weighted by Crippen LogP contribution is 2.16. The minimum atomic E-state index is -0.727. The van der Waals surface area contributed by atoms with E-state index in [9.17, 15) is 9.59 Å². The lowest BCUT2D eigenvalue weighted by molar-refractivity contribution is -0.154. The van der Waals surface area contributed by atoms with Crippen LogP contribution < -0.4 is 0 Å². The lowest BCUT2D eigenvalue weighted by Gasteiger charge is -2.20. The summed E-state index contributed by atoms with van der Waals surface area (Å²) in [5.74, 6) is -1.19. The summed E-state index contributed by atoms with van der Waals surface area (Å²) in [6.45, 7) is 2.76. The van der Waals surface area contributed by atoms with Crippen LogP contribution in [0.15, 0.2) is 30.3 Å². The van der Waals surface area contributed by atoms with Gasteiger partial charge < -0.3 is 19.3 Å². The van der Waals surface area contributed by atoms with Crippen LogP contribution in [0.5, 0.6) is 0 Å². The normalized spacial score (nSPS) is 23.0. The second-order valence-electron chi connectivity index (χ2n) is 6.26. The van der Waals surface area contributed by atoms with Gasteiger partial charge in [-0.3, -0.25) is 9.59 Å². The second-order valence-corrected chi connectivity index (χ2v) is 6.26. The number of carbonyl (C=O) groups excluding carboxylic acids is 1. The molecule has 2 aliphatic rings. The molecule has 6 nitrogen and oxygen atoms in total. The Morgan fingerprint density at radius 3 is 2.08 bits per heavy atom. The number of hydrogen-bond acceptors (Lipinski definition) is 5. The van der Waals surface area contributed by atoms with E-state index in [1.54, 1.807) is 0 Å². The molecule has 138 valence electrons. The molecule has 1 aromatic carbocycles. The molecular weight excluding hydrogens is 324 g/mol. The summed E-state index contributed by atoms with van der Waals surface area (Å²) < 4.78 is 15.5. The maximum atomic E-state index is 11.7. The maximum Gasteiger partial charge on any atom is 0.311 e. The van der Waals surface area contributed by atoms with Gasteiger partial charge in [0.05, 0.1) is 25.0 Å². The molecule has 6 heteroatoms. The van der Waals surface area contributed by atoms with E-state index in [1.165, 1.54) is 0 Å². The fourth-order valence-corrected chi connectivity index (χ4v) is 2.71. The van der Waals surface area contributed by atoms with E-state index < -0.39 is 5.97 Å². The number of benzene rings is 1. The highest BCUT2D eigenvalue weighted by atomic mass is 16.5. The number of rotatable bonds is 4. The quantitative estimate of drug-likeness (QED) is 0.841. The van der Waals surface area contributed by atoms with Gasteiger partial charge in [0.1, 0.15) is 6.61 Å². The SMILES string of the molecule is O=C(O)C1CCCOC1.O=C(OCc1ccccc1)C1CCCOC1. The van der Waals surface area contributed by atoms with Crippen molar-refractivity contribution in [1.82, 2.24) is 0 Å². The van der Waals surface area contributed by atoms with Crippen LogP contribution in [0.2, 0.25) is 0 Å². The number of carbonyl (C=O) groups is 2. The van der Waals surface area contributed by atoms with Crippen molar-refractivity contribution in [2.75, 3.05) is 26.4 Å². The van der Waals surface area contributed by atoms with Gasteiger partial charge in [-0.05, 0) is 31.2 Å². The fraction of sp³-hybridized carbons (Fsp3) is 0.579. The topological polar surface area (TPSA) is 82.1 Å². The monoisotopic (exact) mass is 350 g/mol. The minimum absolute atomic E-state index is 0.0718. The third-order valence-electron chi connectivity index (χ3n) is 4.23.